The molecule has 0 aliphatic carbocycles. The SMILES string of the molecule is C[C@@H](Nc1nc(N)ncc1-c1cc(O)cc(F)c1)c1nc2cccc(Cl)c2c(=O)n1-c1ccccc1. The molecule has 36 heavy (non-hydrogen) atoms. The van der Waals surface area contributed by atoms with E-state index in [0.29, 0.717) is 38.6 Å². The number of hydrogen-bond donors (Lipinski definition) is 3. The van der Waals surface area contributed by atoms with Crippen LogP contribution in [0.25, 0.3) is 27.7 Å². The number of para-hydroxylation sites is 1. The first-order valence-electron chi connectivity index (χ1n) is 11.0. The summed E-state index contributed by atoms with van der Waals surface area (Å²) in [6.07, 6.45) is 1.43. The lowest BCUT2D eigenvalue weighted by molar-refractivity contribution is 0.469. The zero-order valence-electron chi connectivity index (χ0n) is 19.0. The number of nitrogen functional groups attached to an aromatic ring is 1. The number of benzene rings is 3. The molecule has 0 spiro atoms. The van der Waals surface area contributed by atoms with Gasteiger partial charge in [0.15, 0.2) is 0 Å². The second kappa shape index (κ2) is 9.27. The van der Waals surface area contributed by atoms with Gasteiger partial charge in [0, 0.05) is 17.8 Å². The standard InChI is InChI=1S/C26H20ClFN6O2/c1-14(31-23-19(13-30-26(29)33-23)15-10-16(28)12-18(35)11-15)24-32-21-9-5-8-20(27)22(21)25(36)34(24)17-6-3-2-4-7-17/h2-14,35H,1H3,(H3,29,30,31,33)/t14-/m1/s1. The molecule has 3 aromatic carbocycles. The average Bonchev–Trinajstić information content (AvgIpc) is 2.84. The maximum absolute atomic E-state index is 14.0. The molecule has 5 rings (SSSR count). The smallest absolute Gasteiger partial charge is 0.267 e. The lowest BCUT2D eigenvalue weighted by Gasteiger charge is -2.21. The molecule has 0 aliphatic heterocycles. The lowest BCUT2D eigenvalue weighted by atomic mass is 10.1. The Labute approximate surface area is 209 Å². The molecule has 0 radical (unpaired) electrons. The topological polar surface area (TPSA) is 119 Å². The van der Waals surface area contributed by atoms with E-state index in [4.69, 9.17) is 22.3 Å². The van der Waals surface area contributed by atoms with Crippen LogP contribution in [0.1, 0.15) is 18.8 Å². The fourth-order valence-electron chi connectivity index (χ4n) is 4.04. The normalized spacial score (nSPS) is 12.0. The minimum absolute atomic E-state index is 0.00669. The Bertz CT molecular complexity index is 1640. The predicted octanol–water partition coefficient (Wildman–Crippen LogP) is 5.10. The summed E-state index contributed by atoms with van der Waals surface area (Å²) in [5.74, 6) is -0.197. The number of aromatic hydroxyl groups is 1. The van der Waals surface area contributed by atoms with E-state index >= 15 is 0 Å². The molecule has 0 fully saturated rings. The monoisotopic (exact) mass is 502 g/mol. The zero-order chi connectivity index (χ0) is 25.4. The van der Waals surface area contributed by atoms with E-state index in [9.17, 15) is 14.3 Å². The van der Waals surface area contributed by atoms with Crippen molar-refractivity contribution < 1.29 is 9.50 Å². The molecular weight excluding hydrogens is 483 g/mol. The minimum Gasteiger partial charge on any atom is -0.508 e. The van der Waals surface area contributed by atoms with Crippen LogP contribution >= 0.6 is 11.6 Å². The van der Waals surface area contributed by atoms with Crippen molar-refractivity contribution in [1.82, 2.24) is 19.5 Å². The third kappa shape index (κ3) is 4.32. The fraction of sp³-hybridized carbons (Fsp3) is 0.0769. The highest BCUT2D eigenvalue weighted by molar-refractivity contribution is 6.35. The van der Waals surface area contributed by atoms with E-state index in [1.165, 1.54) is 22.9 Å². The van der Waals surface area contributed by atoms with E-state index in [-0.39, 0.29) is 23.1 Å². The van der Waals surface area contributed by atoms with E-state index in [1.54, 1.807) is 30.3 Å². The van der Waals surface area contributed by atoms with Gasteiger partial charge < -0.3 is 16.2 Å². The van der Waals surface area contributed by atoms with Crippen molar-refractivity contribution in [3.8, 4) is 22.6 Å². The molecule has 10 heteroatoms. The Kier molecular flexibility index (Phi) is 5.99. The van der Waals surface area contributed by atoms with Gasteiger partial charge >= 0.3 is 0 Å². The summed E-state index contributed by atoms with van der Waals surface area (Å²) in [7, 11) is 0. The van der Waals surface area contributed by atoms with Gasteiger partial charge in [-0.05, 0) is 48.9 Å². The Morgan fingerprint density at radius 1 is 1.08 bits per heavy atom. The Balaban J connectivity index is 1.67. The molecule has 180 valence electrons. The van der Waals surface area contributed by atoms with Crippen LogP contribution in [0.2, 0.25) is 5.02 Å². The molecule has 5 aromatic rings. The highest BCUT2D eigenvalue weighted by atomic mass is 35.5. The van der Waals surface area contributed by atoms with Gasteiger partial charge in [0.05, 0.1) is 27.7 Å². The summed E-state index contributed by atoms with van der Waals surface area (Å²) in [4.78, 5) is 26.7. The van der Waals surface area contributed by atoms with Gasteiger partial charge in [0.25, 0.3) is 5.56 Å². The molecule has 8 nitrogen and oxygen atoms in total. The molecule has 0 saturated carbocycles. The summed E-state index contributed by atoms with van der Waals surface area (Å²) in [5, 5.41) is 13.7. The summed E-state index contributed by atoms with van der Waals surface area (Å²) in [6.45, 7) is 1.81. The van der Waals surface area contributed by atoms with Gasteiger partial charge in [-0.15, -0.1) is 0 Å². The first kappa shape index (κ1) is 23.3. The second-order valence-corrected chi connectivity index (χ2v) is 8.54. The van der Waals surface area contributed by atoms with E-state index in [0.717, 1.165) is 6.07 Å². The summed E-state index contributed by atoms with van der Waals surface area (Å²) in [6, 6.07) is 17.2. The maximum Gasteiger partial charge on any atom is 0.267 e. The van der Waals surface area contributed by atoms with Crippen molar-refractivity contribution in [2.75, 3.05) is 11.1 Å². The number of aromatic nitrogens is 4. The van der Waals surface area contributed by atoms with E-state index in [2.05, 4.69) is 15.3 Å². The molecule has 0 aliphatic rings. The van der Waals surface area contributed by atoms with Crippen LogP contribution in [0.4, 0.5) is 16.2 Å². The number of nitrogens with two attached hydrogens (primary N) is 1. The van der Waals surface area contributed by atoms with Crippen LogP contribution < -0.4 is 16.6 Å². The van der Waals surface area contributed by atoms with Crippen molar-refractivity contribution in [2.45, 2.75) is 13.0 Å². The van der Waals surface area contributed by atoms with Crippen molar-refractivity contribution in [3.63, 3.8) is 0 Å². The van der Waals surface area contributed by atoms with Gasteiger partial charge in [-0.3, -0.25) is 9.36 Å². The van der Waals surface area contributed by atoms with Crippen molar-refractivity contribution in [2.24, 2.45) is 0 Å². The zero-order valence-corrected chi connectivity index (χ0v) is 19.7. The van der Waals surface area contributed by atoms with Crippen molar-refractivity contribution >= 4 is 34.3 Å². The van der Waals surface area contributed by atoms with Crippen molar-refractivity contribution in [3.05, 3.63) is 99.9 Å². The van der Waals surface area contributed by atoms with Crippen LogP contribution in [-0.2, 0) is 0 Å². The second-order valence-electron chi connectivity index (χ2n) is 8.13. The summed E-state index contributed by atoms with van der Waals surface area (Å²) >= 11 is 6.36. The Morgan fingerprint density at radius 2 is 1.86 bits per heavy atom. The van der Waals surface area contributed by atoms with Crippen LogP contribution in [0.5, 0.6) is 5.75 Å². The third-order valence-corrected chi connectivity index (χ3v) is 5.94. The molecule has 1 atom stereocenters. The van der Waals surface area contributed by atoms with Crippen molar-refractivity contribution in [1.29, 1.82) is 0 Å². The first-order chi connectivity index (χ1) is 17.3. The number of rotatable bonds is 5. The number of hydrogen-bond acceptors (Lipinski definition) is 7. The van der Waals surface area contributed by atoms with Crippen LogP contribution in [0.15, 0.2) is 77.7 Å². The number of nitrogens with one attached hydrogen (secondary N) is 1. The molecule has 0 saturated heterocycles. The Morgan fingerprint density at radius 3 is 2.61 bits per heavy atom. The van der Waals surface area contributed by atoms with E-state index < -0.39 is 11.9 Å². The highest BCUT2D eigenvalue weighted by Crippen LogP contribution is 2.32. The van der Waals surface area contributed by atoms with Gasteiger partial charge in [0.2, 0.25) is 5.95 Å². The summed E-state index contributed by atoms with van der Waals surface area (Å²) < 4.78 is 15.5. The minimum atomic E-state index is -0.619. The molecule has 0 bridgehead atoms. The molecular formula is C26H20ClFN6O2. The number of fused-ring (bicyclic) bond motifs is 1. The van der Waals surface area contributed by atoms with Crippen LogP contribution in [-0.4, -0.2) is 24.6 Å². The quantitative estimate of drug-likeness (QED) is 0.306. The maximum atomic E-state index is 14.0. The van der Waals surface area contributed by atoms with Gasteiger partial charge in [-0.1, -0.05) is 35.9 Å². The van der Waals surface area contributed by atoms with Gasteiger partial charge in [-0.2, -0.15) is 4.98 Å². The summed E-state index contributed by atoms with van der Waals surface area (Å²) in [5.41, 5.74) is 7.33. The van der Waals surface area contributed by atoms with Crippen LogP contribution in [0.3, 0.4) is 0 Å². The number of halogens is 2. The number of phenols is 1. The molecule has 0 unspecified atom stereocenters. The largest absolute Gasteiger partial charge is 0.508 e. The predicted molar refractivity (Wildman–Crippen MR) is 138 cm³/mol. The third-order valence-electron chi connectivity index (χ3n) is 5.63. The molecule has 0 amide bonds. The van der Waals surface area contributed by atoms with Gasteiger partial charge in [-0.25, -0.2) is 14.4 Å². The lowest BCUT2D eigenvalue weighted by Crippen LogP contribution is -2.27. The van der Waals surface area contributed by atoms with Gasteiger partial charge in [0.1, 0.15) is 23.2 Å². The first-order valence-corrected chi connectivity index (χ1v) is 11.3. The molecule has 4 N–H and O–H groups in total. The fourth-order valence-corrected chi connectivity index (χ4v) is 4.29. The van der Waals surface area contributed by atoms with E-state index in [1.807, 2.05) is 25.1 Å². The molecule has 2 aromatic heterocycles. The molecule has 2 heterocycles. The average molecular weight is 503 g/mol. The Hall–Kier alpha value is -4.50. The number of nitrogens with zero attached hydrogens (tertiary/aromatic N) is 4. The number of phenolic OH excluding ortho intramolecular Hbond substituents is 1. The highest BCUT2D eigenvalue weighted by Gasteiger charge is 2.21. The van der Waals surface area contributed by atoms with Crippen LogP contribution in [0, 0.1) is 5.82 Å². The number of anilines is 2.